The lowest BCUT2D eigenvalue weighted by molar-refractivity contribution is -0.137. The van der Waals surface area contributed by atoms with Crippen LogP contribution in [0.5, 0.6) is 0 Å². The molecule has 6 heteroatoms. The van der Waals surface area contributed by atoms with E-state index in [0.717, 1.165) is 19.4 Å². The van der Waals surface area contributed by atoms with Gasteiger partial charge in [0.05, 0.1) is 13.2 Å². The number of amides is 1. The van der Waals surface area contributed by atoms with Crippen molar-refractivity contribution in [3.63, 3.8) is 0 Å². The van der Waals surface area contributed by atoms with Gasteiger partial charge in [-0.1, -0.05) is 12.1 Å². The van der Waals surface area contributed by atoms with E-state index >= 15 is 0 Å². The first-order valence-electron chi connectivity index (χ1n) is 7.43. The lowest BCUT2D eigenvalue weighted by atomic mass is 10.1. The Labute approximate surface area is 135 Å². The van der Waals surface area contributed by atoms with Gasteiger partial charge in [-0.2, -0.15) is 0 Å². The van der Waals surface area contributed by atoms with E-state index < -0.39 is 0 Å². The monoisotopic (exact) mass is 322 g/mol. The van der Waals surface area contributed by atoms with Crippen molar-refractivity contribution >= 4 is 23.2 Å². The third-order valence-electron chi connectivity index (χ3n) is 3.81. The minimum atomic E-state index is -0.310. The molecule has 120 valence electrons. The fraction of sp³-hybridized carbons (Fsp3) is 0.500. The van der Waals surface area contributed by atoms with Crippen LogP contribution < -0.4 is 5.32 Å². The van der Waals surface area contributed by atoms with Crippen LogP contribution in [-0.2, 0) is 20.7 Å². The first-order valence-corrected chi connectivity index (χ1v) is 8.31. The van der Waals surface area contributed by atoms with Crippen LogP contribution in [0.3, 0.4) is 0 Å². The minimum Gasteiger partial charge on any atom is -0.466 e. The second-order valence-electron chi connectivity index (χ2n) is 5.28. The number of hydrogen-bond acceptors (Lipinski definition) is 5. The molecule has 2 rings (SSSR count). The molecule has 1 aliphatic rings. The number of carbonyl (C=O) groups is 2. The van der Waals surface area contributed by atoms with Gasteiger partial charge in [0.15, 0.2) is 0 Å². The van der Waals surface area contributed by atoms with Crippen LogP contribution in [0, 0.1) is 0 Å². The highest BCUT2D eigenvalue weighted by molar-refractivity contribution is 7.09. The van der Waals surface area contributed by atoms with Gasteiger partial charge < -0.3 is 10.1 Å². The number of esters is 1. The van der Waals surface area contributed by atoms with Gasteiger partial charge in [-0.25, -0.2) is 4.79 Å². The van der Waals surface area contributed by atoms with E-state index in [1.165, 1.54) is 12.0 Å². The van der Waals surface area contributed by atoms with Gasteiger partial charge in [-0.3, -0.25) is 9.69 Å². The SMILES string of the molecule is COC(=O)C1=CCCN(C(C)C(=O)NCCc2cccs2)C1. The molecule has 0 aliphatic carbocycles. The lowest BCUT2D eigenvalue weighted by Crippen LogP contribution is -2.48. The molecule has 0 saturated heterocycles. The Morgan fingerprint density at radius 1 is 1.50 bits per heavy atom. The number of hydrogen-bond donors (Lipinski definition) is 1. The largest absolute Gasteiger partial charge is 0.466 e. The van der Waals surface area contributed by atoms with E-state index in [-0.39, 0.29) is 17.9 Å². The van der Waals surface area contributed by atoms with Crippen LogP contribution in [0.1, 0.15) is 18.2 Å². The summed E-state index contributed by atoms with van der Waals surface area (Å²) in [6, 6.07) is 3.83. The van der Waals surface area contributed by atoms with E-state index in [1.807, 2.05) is 29.3 Å². The van der Waals surface area contributed by atoms with Crippen molar-refractivity contribution in [2.45, 2.75) is 25.8 Å². The maximum Gasteiger partial charge on any atom is 0.334 e. The Bertz CT molecular complexity index is 540. The first-order chi connectivity index (χ1) is 10.6. The highest BCUT2D eigenvalue weighted by atomic mass is 32.1. The molecule has 0 bridgehead atoms. The lowest BCUT2D eigenvalue weighted by Gasteiger charge is -2.31. The number of methoxy groups -OCH3 is 1. The molecule has 5 nitrogen and oxygen atoms in total. The summed E-state index contributed by atoms with van der Waals surface area (Å²) in [6.45, 7) is 3.75. The molecule has 0 aromatic carbocycles. The van der Waals surface area contributed by atoms with Crippen LogP contribution in [0.4, 0.5) is 0 Å². The van der Waals surface area contributed by atoms with E-state index in [0.29, 0.717) is 18.7 Å². The van der Waals surface area contributed by atoms with E-state index in [9.17, 15) is 9.59 Å². The van der Waals surface area contributed by atoms with Crippen molar-refractivity contribution in [3.8, 4) is 0 Å². The summed E-state index contributed by atoms with van der Waals surface area (Å²) in [5.41, 5.74) is 0.631. The van der Waals surface area contributed by atoms with Crippen molar-refractivity contribution in [1.82, 2.24) is 10.2 Å². The first kappa shape index (κ1) is 16.7. The molecule has 1 aromatic rings. The molecule has 1 atom stereocenters. The van der Waals surface area contributed by atoms with Gasteiger partial charge in [-0.15, -0.1) is 11.3 Å². The molecular formula is C16H22N2O3S. The molecule has 1 unspecified atom stereocenters. The fourth-order valence-corrected chi connectivity index (χ4v) is 3.16. The molecule has 0 fully saturated rings. The average molecular weight is 322 g/mol. The topological polar surface area (TPSA) is 58.6 Å². The van der Waals surface area contributed by atoms with E-state index in [1.54, 1.807) is 11.3 Å². The Hall–Kier alpha value is -1.66. The molecule has 0 saturated carbocycles. The molecule has 1 amide bonds. The second-order valence-corrected chi connectivity index (χ2v) is 6.31. The van der Waals surface area contributed by atoms with Crippen molar-refractivity contribution < 1.29 is 14.3 Å². The number of nitrogens with one attached hydrogen (secondary N) is 1. The summed E-state index contributed by atoms with van der Waals surface area (Å²) >= 11 is 1.70. The van der Waals surface area contributed by atoms with Gasteiger partial charge in [0.1, 0.15) is 0 Å². The number of carbonyl (C=O) groups excluding carboxylic acids is 2. The maximum absolute atomic E-state index is 12.2. The molecule has 1 aromatic heterocycles. The summed E-state index contributed by atoms with van der Waals surface area (Å²) in [5, 5.41) is 5.00. The Balaban J connectivity index is 1.80. The third kappa shape index (κ3) is 4.42. The average Bonchev–Trinajstić information content (AvgIpc) is 3.06. The summed E-state index contributed by atoms with van der Waals surface area (Å²) in [6.07, 6.45) is 3.50. The Morgan fingerprint density at radius 3 is 3.00 bits per heavy atom. The molecule has 1 aliphatic heterocycles. The standard InChI is InChI=1S/C16H22N2O3S/c1-12(15(19)17-8-7-14-6-4-10-22-14)18-9-3-5-13(11-18)16(20)21-2/h4-6,10,12H,3,7-9,11H2,1-2H3,(H,17,19). The zero-order valence-electron chi connectivity index (χ0n) is 13.0. The predicted octanol–water partition coefficient (Wildman–Crippen LogP) is 1.60. The normalized spacial score (nSPS) is 16.7. The molecule has 22 heavy (non-hydrogen) atoms. The summed E-state index contributed by atoms with van der Waals surface area (Å²) in [5.74, 6) is -0.308. The van der Waals surface area contributed by atoms with Gasteiger partial charge >= 0.3 is 5.97 Å². The highest BCUT2D eigenvalue weighted by Gasteiger charge is 2.26. The van der Waals surface area contributed by atoms with Crippen LogP contribution in [0.2, 0.25) is 0 Å². The Kier molecular flexibility index (Phi) is 6.15. The number of rotatable bonds is 6. The predicted molar refractivity (Wildman–Crippen MR) is 86.8 cm³/mol. The van der Waals surface area contributed by atoms with Crippen LogP contribution in [-0.4, -0.2) is 49.6 Å². The van der Waals surface area contributed by atoms with Crippen molar-refractivity contribution in [3.05, 3.63) is 34.0 Å². The van der Waals surface area contributed by atoms with E-state index in [2.05, 4.69) is 11.4 Å². The van der Waals surface area contributed by atoms with Crippen molar-refractivity contribution in [2.75, 3.05) is 26.7 Å². The summed E-state index contributed by atoms with van der Waals surface area (Å²) in [7, 11) is 1.38. The Morgan fingerprint density at radius 2 is 2.32 bits per heavy atom. The fourth-order valence-electron chi connectivity index (χ4n) is 2.45. The molecular weight excluding hydrogens is 300 g/mol. The van der Waals surface area contributed by atoms with Gasteiger partial charge in [0.25, 0.3) is 0 Å². The maximum atomic E-state index is 12.2. The third-order valence-corrected chi connectivity index (χ3v) is 4.74. The van der Waals surface area contributed by atoms with Gasteiger partial charge in [-0.05, 0) is 31.2 Å². The summed E-state index contributed by atoms with van der Waals surface area (Å²) in [4.78, 5) is 27.1. The zero-order valence-corrected chi connectivity index (χ0v) is 13.8. The van der Waals surface area contributed by atoms with Gasteiger partial charge in [0.2, 0.25) is 5.91 Å². The second kappa shape index (κ2) is 8.10. The van der Waals surface area contributed by atoms with Crippen molar-refractivity contribution in [2.24, 2.45) is 0 Å². The smallest absolute Gasteiger partial charge is 0.334 e. The van der Waals surface area contributed by atoms with Crippen LogP contribution >= 0.6 is 11.3 Å². The number of thiophene rings is 1. The van der Waals surface area contributed by atoms with Gasteiger partial charge in [0, 0.05) is 30.1 Å². The quantitative estimate of drug-likeness (QED) is 0.808. The van der Waals surface area contributed by atoms with E-state index in [4.69, 9.17) is 4.74 Å². The highest BCUT2D eigenvalue weighted by Crippen LogP contribution is 2.14. The summed E-state index contributed by atoms with van der Waals surface area (Å²) < 4.78 is 4.75. The minimum absolute atomic E-state index is 0.00247. The molecule has 0 radical (unpaired) electrons. The molecule has 1 N–H and O–H groups in total. The van der Waals surface area contributed by atoms with Crippen LogP contribution in [0.25, 0.3) is 0 Å². The number of ether oxygens (including phenoxy) is 1. The van der Waals surface area contributed by atoms with Crippen molar-refractivity contribution in [1.29, 1.82) is 0 Å². The molecule has 2 heterocycles. The molecule has 0 spiro atoms. The zero-order chi connectivity index (χ0) is 15.9. The van der Waals surface area contributed by atoms with Crippen LogP contribution in [0.15, 0.2) is 29.2 Å². The number of nitrogens with zero attached hydrogens (tertiary/aromatic N) is 1.